The Balaban J connectivity index is 1.18. The van der Waals surface area contributed by atoms with Crippen molar-refractivity contribution in [2.45, 2.75) is 63.3 Å². The quantitative estimate of drug-likeness (QED) is 0.743. The molecule has 1 atom stereocenters. The van der Waals surface area contributed by atoms with E-state index in [4.69, 9.17) is 4.74 Å². The SMILES string of the molecule is CC(N[C@H]1CC[C@H](NC(=O)N2CC(Oc3cccc4scnc34)C2)CC1)C(F)F. The summed E-state index contributed by atoms with van der Waals surface area (Å²) in [6.07, 6.45) is 0.828. The Kier molecular flexibility index (Phi) is 6.15. The van der Waals surface area contributed by atoms with Gasteiger partial charge in [0.25, 0.3) is 6.43 Å². The van der Waals surface area contributed by atoms with Gasteiger partial charge in [0.2, 0.25) is 0 Å². The van der Waals surface area contributed by atoms with Crippen LogP contribution in [0.5, 0.6) is 5.75 Å². The molecule has 1 aromatic heterocycles. The molecule has 0 spiro atoms. The molecule has 2 amide bonds. The van der Waals surface area contributed by atoms with Gasteiger partial charge in [-0.2, -0.15) is 0 Å². The maximum Gasteiger partial charge on any atom is 0.317 e. The fraction of sp³-hybridized carbons (Fsp3) is 0.600. The minimum absolute atomic E-state index is 0.0242. The fourth-order valence-corrected chi connectivity index (χ4v) is 4.62. The van der Waals surface area contributed by atoms with Crippen molar-refractivity contribution in [1.29, 1.82) is 0 Å². The number of hydrogen-bond donors (Lipinski definition) is 2. The van der Waals surface area contributed by atoms with Gasteiger partial charge in [0.1, 0.15) is 17.4 Å². The number of hydrogen-bond acceptors (Lipinski definition) is 5. The number of thiazole rings is 1. The smallest absolute Gasteiger partial charge is 0.317 e. The third-order valence-corrected chi connectivity index (χ3v) is 6.48. The summed E-state index contributed by atoms with van der Waals surface area (Å²) in [6, 6.07) is 5.21. The molecule has 1 aliphatic heterocycles. The average Bonchev–Trinajstić information content (AvgIpc) is 3.15. The zero-order valence-electron chi connectivity index (χ0n) is 16.3. The number of carbonyl (C=O) groups excluding carboxylic acids is 1. The van der Waals surface area contributed by atoms with Crippen molar-refractivity contribution in [3.05, 3.63) is 23.7 Å². The van der Waals surface area contributed by atoms with Crippen LogP contribution in [0.1, 0.15) is 32.6 Å². The summed E-state index contributed by atoms with van der Waals surface area (Å²) in [6.45, 7) is 2.61. The van der Waals surface area contributed by atoms with Crippen LogP contribution in [0.25, 0.3) is 10.2 Å². The van der Waals surface area contributed by atoms with Gasteiger partial charge in [0.05, 0.1) is 29.3 Å². The molecule has 0 bridgehead atoms. The van der Waals surface area contributed by atoms with Crippen molar-refractivity contribution in [1.82, 2.24) is 20.5 Å². The summed E-state index contributed by atoms with van der Waals surface area (Å²) in [5.74, 6) is 0.762. The molecule has 9 heteroatoms. The number of ether oxygens (including phenoxy) is 1. The number of nitrogens with one attached hydrogen (secondary N) is 2. The van der Waals surface area contributed by atoms with E-state index in [0.29, 0.717) is 13.1 Å². The van der Waals surface area contributed by atoms with E-state index in [1.807, 2.05) is 18.2 Å². The van der Waals surface area contributed by atoms with E-state index in [1.165, 1.54) is 6.92 Å². The first-order chi connectivity index (χ1) is 14.0. The lowest BCUT2D eigenvalue weighted by molar-refractivity contribution is 0.0435. The number of aromatic nitrogens is 1. The second-order valence-corrected chi connectivity index (χ2v) is 8.77. The van der Waals surface area contributed by atoms with Gasteiger partial charge in [-0.25, -0.2) is 18.6 Å². The molecule has 29 heavy (non-hydrogen) atoms. The minimum Gasteiger partial charge on any atom is -0.484 e. The van der Waals surface area contributed by atoms with Crippen LogP contribution in [0.15, 0.2) is 23.7 Å². The first kappa shape index (κ1) is 20.3. The highest BCUT2D eigenvalue weighted by atomic mass is 32.1. The van der Waals surface area contributed by atoms with Gasteiger partial charge in [-0.05, 0) is 44.7 Å². The molecule has 2 N–H and O–H groups in total. The molecule has 2 heterocycles. The van der Waals surface area contributed by atoms with Crippen LogP contribution < -0.4 is 15.4 Å². The van der Waals surface area contributed by atoms with Crippen molar-refractivity contribution in [3.8, 4) is 5.75 Å². The number of halogens is 2. The molecular formula is C20H26F2N4O2S. The van der Waals surface area contributed by atoms with Crippen LogP contribution in [0, 0.1) is 0 Å². The van der Waals surface area contributed by atoms with E-state index in [9.17, 15) is 13.6 Å². The molecule has 2 aliphatic rings. The van der Waals surface area contributed by atoms with Gasteiger partial charge in [-0.3, -0.25) is 0 Å². The van der Waals surface area contributed by atoms with Crippen LogP contribution in [-0.2, 0) is 0 Å². The first-order valence-electron chi connectivity index (χ1n) is 10.1. The number of benzene rings is 1. The number of amides is 2. The Bertz CT molecular complexity index is 835. The van der Waals surface area contributed by atoms with E-state index in [1.54, 1.807) is 21.7 Å². The molecule has 2 fully saturated rings. The van der Waals surface area contributed by atoms with Gasteiger partial charge in [0, 0.05) is 12.1 Å². The van der Waals surface area contributed by atoms with E-state index < -0.39 is 12.5 Å². The molecule has 6 nitrogen and oxygen atoms in total. The number of nitrogens with zero attached hydrogens (tertiary/aromatic N) is 2. The summed E-state index contributed by atoms with van der Waals surface area (Å²) in [5, 5.41) is 6.06. The fourth-order valence-electron chi connectivity index (χ4n) is 3.93. The third kappa shape index (κ3) is 4.78. The van der Waals surface area contributed by atoms with Gasteiger partial charge in [0.15, 0.2) is 0 Å². The highest BCUT2D eigenvalue weighted by molar-refractivity contribution is 7.16. The number of carbonyl (C=O) groups is 1. The maximum atomic E-state index is 12.7. The molecule has 1 saturated heterocycles. The number of alkyl halides is 2. The molecule has 1 saturated carbocycles. The van der Waals surface area contributed by atoms with Crippen molar-refractivity contribution >= 4 is 27.6 Å². The van der Waals surface area contributed by atoms with E-state index in [2.05, 4.69) is 15.6 Å². The lowest BCUT2D eigenvalue weighted by Crippen LogP contribution is -2.60. The van der Waals surface area contributed by atoms with Gasteiger partial charge in [-0.1, -0.05) is 6.07 Å². The van der Waals surface area contributed by atoms with Crippen LogP contribution in [0.3, 0.4) is 0 Å². The molecule has 158 valence electrons. The third-order valence-electron chi connectivity index (χ3n) is 5.68. The molecule has 1 aliphatic carbocycles. The molecule has 1 unspecified atom stereocenters. The Morgan fingerprint density at radius 2 is 1.97 bits per heavy atom. The number of likely N-dealkylation sites (tertiary alicyclic amines) is 1. The minimum atomic E-state index is -2.35. The van der Waals surface area contributed by atoms with Crippen LogP contribution in [0.4, 0.5) is 13.6 Å². The van der Waals surface area contributed by atoms with Crippen LogP contribution >= 0.6 is 11.3 Å². The number of para-hydroxylation sites is 1. The van der Waals surface area contributed by atoms with Gasteiger partial charge >= 0.3 is 6.03 Å². The number of fused-ring (bicyclic) bond motifs is 1. The lowest BCUT2D eigenvalue weighted by Gasteiger charge is -2.40. The topological polar surface area (TPSA) is 66.5 Å². The van der Waals surface area contributed by atoms with E-state index in [0.717, 1.165) is 41.6 Å². The standard InChI is InChI=1S/C20H26F2N4O2S/c1-12(19(21)22)24-13-5-7-14(8-6-13)25-20(27)26-9-15(10-26)28-16-3-2-4-17-18(16)23-11-29-17/h2-4,11-15,19,24H,5-10H2,1H3,(H,25,27)/t12?,13-,14-. The first-order valence-corrected chi connectivity index (χ1v) is 11.0. The molecule has 1 aromatic carbocycles. The van der Waals surface area contributed by atoms with Crippen molar-refractivity contribution in [2.75, 3.05) is 13.1 Å². The van der Waals surface area contributed by atoms with Crippen LogP contribution in [-0.4, -0.2) is 59.7 Å². The van der Waals surface area contributed by atoms with Gasteiger partial charge < -0.3 is 20.3 Å². The summed E-state index contributed by atoms with van der Waals surface area (Å²) in [4.78, 5) is 18.5. The average molecular weight is 425 g/mol. The largest absolute Gasteiger partial charge is 0.484 e. The van der Waals surface area contributed by atoms with Crippen LogP contribution in [0.2, 0.25) is 0 Å². The molecule has 4 rings (SSSR count). The molecular weight excluding hydrogens is 398 g/mol. The monoisotopic (exact) mass is 424 g/mol. The zero-order valence-corrected chi connectivity index (χ0v) is 17.1. The van der Waals surface area contributed by atoms with E-state index >= 15 is 0 Å². The Morgan fingerprint density at radius 3 is 2.69 bits per heavy atom. The Hall–Kier alpha value is -2.00. The van der Waals surface area contributed by atoms with E-state index in [-0.39, 0.29) is 24.2 Å². The lowest BCUT2D eigenvalue weighted by atomic mass is 9.91. The molecule has 2 aromatic rings. The predicted octanol–water partition coefficient (Wildman–Crippen LogP) is 3.62. The maximum absolute atomic E-state index is 12.7. The number of rotatable bonds is 6. The summed E-state index contributed by atoms with van der Waals surface area (Å²) >= 11 is 1.58. The highest BCUT2D eigenvalue weighted by Crippen LogP contribution is 2.29. The normalized spacial score (nSPS) is 23.8. The predicted molar refractivity (Wildman–Crippen MR) is 109 cm³/mol. The summed E-state index contributed by atoms with van der Waals surface area (Å²) < 4.78 is 32.4. The van der Waals surface area contributed by atoms with Crippen molar-refractivity contribution in [2.24, 2.45) is 0 Å². The van der Waals surface area contributed by atoms with Gasteiger partial charge in [-0.15, -0.1) is 11.3 Å². The highest BCUT2D eigenvalue weighted by Gasteiger charge is 2.34. The Morgan fingerprint density at radius 1 is 1.24 bits per heavy atom. The number of urea groups is 1. The second kappa shape index (κ2) is 8.79. The zero-order chi connectivity index (χ0) is 20.4. The van der Waals surface area contributed by atoms with Crippen molar-refractivity contribution in [3.63, 3.8) is 0 Å². The second-order valence-electron chi connectivity index (χ2n) is 7.89. The Labute approximate surface area is 172 Å². The summed E-state index contributed by atoms with van der Waals surface area (Å²) in [7, 11) is 0. The van der Waals surface area contributed by atoms with Crippen molar-refractivity contribution < 1.29 is 18.3 Å². The summed E-state index contributed by atoms with van der Waals surface area (Å²) in [5.41, 5.74) is 2.67. The molecule has 0 radical (unpaired) electrons.